The van der Waals surface area contributed by atoms with Gasteiger partial charge in [0.2, 0.25) is 0 Å². The number of hydrogen-bond acceptors (Lipinski definition) is 3. The largest absolute Gasteiger partial charge is 0.381 e. The Kier molecular flexibility index (Phi) is 3.97. The lowest BCUT2D eigenvalue weighted by molar-refractivity contribution is 0.0156. The molecule has 0 radical (unpaired) electrons. The predicted molar refractivity (Wildman–Crippen MR) is 83.6 cm³/mol. The van der Waals surface area contributed by atoms with Crippen LogP contribution in [0.1, 0.15) is 38.2 Å². The molecule has 3 heterocycles. The maximum Gasteiger partial charge on any atom is 0.158 e. The second-order valence-corrected chi connectivity index (χ2v) is 6.51. The molecule has 0 N–H and O–H groups in total. The fraction of sp³-hybridized carbons (Fsp3) is 0.733. The minimum atomic E-state index is 0.240. The molecular weight excluding hydrogens is 288 g/mol. The van der Waals surface area contributed by atoms with Crippen molar-refractivity contribution in [1.82, 2.24) is 19.3 Å². The van der Waals surface area contributed by atoms with Crippen LogP contribution in [0.3, 0.4) is 0 Å². The van der Waals surface area contributed by atoms with Crippen LogP contribution < -0.4 is 0 Å². The van der Waals surface area contributed by atoms with E-state index in [9.17, 15) is 0 Å². The minimum Gasteiger partial charge on any atom is -0.381 e. The number of hydrogen-bond donors (Lipinski definition) is 0. The van der Waals surface area contributed by atoms with E-state index in [0.717, 1.165) is 61.8 Å². The van der Waals surface area contributed by atoms with E-state index >= 15 is 0 Å². The summed E-state index contributed by atoms with van der Waals surface area (Å²) >= 11 is 6.13. The zero-order valence-electron chi connectivity index (χ0n) is 13.0. The van der Waals surface area contributed by atoms with E-state index in [0.29, 0.717) is 5.88 Å². The number of ether oxygens (including phenoxy) is 1. The van der Waals surface area contributed by atoms with Crippen LogP contribution in [0, 0.1) is 12.3 Å². The summed E-state index contributed by atoms with van der Waals surface area (Å²) in [7, 11) is 0. The number of nitrogens with zero attached hydrogens (tertiary/aromatic N) is 4. The van der Waals surface area contributed by atoms with Gasteiger partial charge >= 0.3 is 0 Å². The Labute approximate surface area is 130 Å². The van der Waals surface area contributed by atoms with E-state index in [1.807, 2.05) is 11.6 Å². The lowest BCUT2D eigenvalue weighted by Gasteiger charge is -2.34. The van der Waals surface area contributed by atoms with Gasteiger partial charge < -0.3 is 9.30 Å². The smallest absolute Gasteiger partial charge is 0.158 e. The zero-order chi connectivity index (χ0) is 15.0. The molecule has 3 rings (SSSR count). The summed E-state index contributed by atoms with van der Waals surface area (Å²) in [6.07, 6.45) is 2.15. The summed E-state index contributed by atoms with van der Waals surface area (Å²) in [5.41, 5.74) is 3.32. The van der Waals surface area contributed by atoms with Gasteiger partial charge in [-0.2, -0.15) is 5.10 Å². The zero-order valence-corrected chi connectivity index (χ0v) is 13.8. The second-order valence-electron chi connectivity index (χ2n) is 6.24. The second kappa shape index (κ2) is 5.61. The van der Waals surface area contributed by atoms with Gasteiger partial charge in [0, 0.05) is 26.3 Å². The third kappa shape index (κ3) is 2.57. The average molecular weight is 311 g/mol. The molecule has 1 aliphatic heterocycles. The molecule has 0 bridgehead atoms. The molecule has 0 aromatic carbocycles. The summed E-state index contributed by atoms with van der Waals surface area (Å²) < 4.78 is 9.82. The van der Waals surface area contributed by atoms with Gasteiger partial charge in [0.15, 0.2) is 5.65 Å². The Morgan fingerprint density at radius 3 is 2.67 bits per heavy atom. The molecule has 0 amide bonds. The minimum absolute atomic E-state index is 0.240. The molecule has 5 nitrogen and oxygen atoms in total. The number of imidazole rings is 1. The van der Waals surface area contributed by atoms with E-state index in [1.165, 1.54) is 0 Å². The number of halogens is 1. The average Bonchev–Trinajstić information content (AvgIpc) is 2.98. The molecule has 1 aliphatic rings. The van der Waals surface area contributed by atoms with Crippen molar-refractivity contribution in [3.8, 4) is 0 Å². The molecule has 1 fully saturated rings. The Morgan fingerprint density at radius 1 is 1.33 bits per heavy atom. The Balaban J connectivity index is 2.07. The van der Waals surface area contributed by atoms with Crippen LogP contribution in [-0.4, -0.2) is 32.5 Å². The SMILES string of the molecule is CCn1nc(C)c2nc(CCl)n(CC3(C)CCOCC3)c21. The van der Waals surface area contributed by atoms with E-state index in [4.69, 9.17) is 21.3 Å². The van der Waals surface area contributed by atoms with Crippen LogP contribution in [-0.2, 0) is 23.7 Å². The normalized spacial score (nSPS) is 18.5. The monoisotopic (exact) mass is 310 g/mol. The highest BCUT2D eigenvalue weighted by Crippen LogP contribution is 2.34. The first-order chi connectivity index (χ1) is 10.1. The fourth-order valence-corrected chi connectivity index (χ4v) is 3.37. The number of aromatic nitrogens is 4. The summed E-state index contributed by atoms with van der Waals surface area (Å²) in [6, 6.07) is 0. The van der Waals surface area contributed by atoms with Crippen LogP contribution in [0.2, 0.25) is 0 Å². The molecule has 0 atom stereocenters. The number of fused-ring (bicyclic) bond motifs is 1. The lowest BCUT2D eigenvalue weighted by Crippen LogP contribution is -2.31. The Morgan fingerprint density at radius 2 is 2.05 bits per heavy atom. The van der Waals surface area contributed by atoms with Crippen molar-refractivity contribution in [3.05, 3.63) is 11.5 Å². The van der Waals surface area contributed by atoms with Crippen molar-refractivity contribution < 1.29 is 4.74 Å². The van der Waals surface area contributed by atoms with Gasteiger partial charge in [0.25, 0.3) is 0 Å². The van der Waals surface area contributed by atoms with Crippen molar-refractivity contribution in [2.75, 3.05) is 13.2 Å². The molecule has 2 aromatic heterocycles. The summed E-state index contributed by atoms with van der Waals surface area (Å²) in [6.45, 7) is 9.92. The van der Waals surface area contributed by atoms with E-state index in [1.54, 1.807) is 0 Å². The molecular formula is C15H23ClN4O. The Bertz CT molecular complexity index is 640. The maximum atomic E-state index is 6.13. The molecule has 0 spiro atoms. The predicted octanol–water partition coefficient (Wildman–Crippen LogP) is 3.12. The number of aryl methyl sites for hydroxylation is 2. The number of rotatable bonds is 4. The van der Waals surface area contributed by atoms with Gasteiger partial charge in [-0.3, -0.25) is 0 Å². The fourth-order valence-electron chi connectivity index (χ4n) is 3.16. The standard InChI is InChI=1S/C15H23ClN4O/c1-4-20-14-13(11(2)18-20)17-12(9-16)19(14)10-15(3)5-7-21-8-6-15/h4-10H2,1-3H3. The van der Waals surface area contributed by atoms with Crippen LogP contribution in [0.4, 0.5) is 0 Å². The van der Waals surface area contributed by atoms with E-state index < -0.39 is 0 Å². The molecule has 116 valence electrons. The molecule has 6 heteroatoms. The van der Waals surface area contributed by atoms with Crippen LogP contribution in [0.15, 0.2) is 0 Å². The first kappa shape index (κ1) is 14.9. The summed E-state index contributed by atoms with van der Waals surface area (Å²) in [5, 5.41) is 4.59. The number of alkyl halides is 1. The van der Waals surface area contributed by atoms with Crippen molar-refractivity contribution >= 4 is 22.8 Å². The molecule has 1 saturated heterocycles. The maximum absolute atomic E-state index is 6.13. The van der Waals surface area contributed by atoms with Crippen molar-refractivity contribution in [1.29, 1.82) is 0 Å². The van der Waals surface area contributed by atoms with Crippen molar-refractivity contribution in [2.45, 2.75) is 52.6 Å². The molecule has 21 heavy (non-hydrogen) atoms. The van der Waals surface area contributed by atoms with Gasteiger partial charge in [-0.05, 0) is 32.1 Å². The quantitative estimate of drug-likeness (QED) is 0.815. The first-order valence-corrected chi connectivity index (χ1v) is 8.17. The lowest BCUT2D eigenvalue weighted by atomic mass is 9.82. The summed E-state index contributed by atoms with van der Waals surface area (Å²) in [4.78, 5) is 4.71. The van der Waals surface area contributed by atoms with Gasteiger partial charge in [-0.15, -0.1) is 11.6 Å². The molecule has 0 unspecified atom stereocenters. The highest BCUT2D eigenvalue weighted by Gasteiger charge is 2.30. The highest BCUT2D eigenvalue weighted by molar-refractivity contribution is 6.16. The van der Waals surface area contributed by atoms with Gasteiger partial charge in [0.05, 0.1) is 11.6 Å². The topological polar surface area (TPSA) is 44.9 Å². The van der Waals surface area contributed by atoms with Gasteiger partial charge in [0.1, 0.15) is 11.3 Å². The molecule has 0 saturated carbocycles. The van der Waals surface area contributed by atoms with Crippen LogP contribution >= 0.6 is 11.6 Å². The van der Waals surface area contributed by atoms with Crippen LogP contribution in [0.5, 0.6) is 0 Å². The van der Waals surface area contributed by atoms with E-state index in [-0.39, 0.29) is 5.41 Å². The third-order valence-corrected chi connectivity index (χ3v) is 4.78. The van der Waals surface area contributed by atoms with Gasteiger partial charge in [-0.25, -0.2) is 9.67 Å². The molecule has 0 aliphatic carbocycles. The summed E-state index contributed by atoms with van der Waals surface area (Å²) in [5.74, 6) is 1.38. The van der Waals surface area contributed by atoms with Crippen molar-refractivity contribution in [2.24, 2.45) is 5.41 Å². The van der Waals surface area contributed by atoms with Gasteiger partial charge in [-0.1, -0.05) is 6.92 Å². The first-order valence-electron chi connectivity index (χ1n) is 7.64. The van der Waals surface area contributed by atoms with E-state index in [2.05, 4.69) is 23.5 Å². The third-order valence-electron chi connectivity index (χ3n) is 4.54. The Hall–Kier alpha value is -1.07. The highest BCUT2D eigenvalue weighted by atomic mass is 35.5. The van der Waals surface area contributed by atoms with Crippen LogP contribution in [0.25, 0.3) is 11.2 Å². The van der Waals surface area contributed by atoms with Crippen molar-refractivity contribution in [3.63, 3.8) is 0 Å². The molecule has 2 aromatic rings.